The molecule has 2 aromatic carbocycles. The zero-order valence-electron chi connectivity index (χ0n) is 15.2. The number of carbonyl (C=O) groups excluding carboxylic acids is 1. The lowest BCUT2D eigenvalue weighted by molar-refractivity contribution is -0.121. The Morgan fingerprint density at radius 1 is 1.15 bits per heavy atom. The van der Waals surface area contributed by atoms with Crippen molar-refractivity contribution in [1.82, 2.24) is 5.32 Å². The minimum Gasteiger partial charge on any atom is -0.352 e. The molecule has 0 saturated heterocycles. The summed E-state index contributed by atoms with van der Waals surface area (Å²) in [7, 11) is -3.56. The second-order valence-corrected chi connectivity index (χ2v) is 9.05. The third kappa shape index (κ3) is 6.72. The molecule has 1 N–H and O–H groups in total. The summed E-state index contributed by atoms with van der Waals surface area (Å²) in [5, 5.41) is 3.52. The van der Waals surface area contributed by atoms with Gasteiger partial charge in [-0.05, 0) is 37.1 Å². The molecule has 0 atom stereocenters. The van der Waals surface area contributed by atoms with Crippen molar-refractivity contribution in [2.24, 2.45) is 0 Å². The summed E-state index contributed by atoms with van der Waals surface area (Å²) >= 11 is 12.1. The number of halogens is 2. The predicted octanol–water partition coefficient (Wildman–Crippen LogP) is 4.16. The number of hydrogen-bond donors (Lipinski definition) is 1. The summed E-state index contributed by atoms with van der Waals surface area (Å²) in [6.45, 7) is 2.57. The first-order valence-corrected chi connectivity index (χ1v) is 11.0. The molecule has 0 radical (unpaired) electrons. The van der Waals surface area contributed by atoms with Crippen LogP contribution in [0, 0.1) is 6.92 Å². The Labute approximate surface area is 170 Å². The Hall–Kier alpha value is -1.76. The standard InChI is InChI=1S/C19H22Cl2N2O3S/c1-14-5-3-6-15(11-14)13-22-19(24)7-4-10-23(27(2,25)26)18-12-16(20)8-9-17(18)21/h3,5-6,8-9,11-12H,4,7,10,13H2,1-2H3,(H,22,24). The molecule has 27 heavy (non-hydrogen) atoms. The molecule has 0 bridgehead atoms. The van der Waals surface area contributed by atoms with E-state index in [0.29, 0.717) is 23.7 Å². The van der Waals surface area contributed by atoms with Gasteiger partial charge in [0.15, 0.2) is 0 Å². The number of nitrogens with one attached hydrogen (secondary N) is 1. The van der Waals surface area contributed by atoms with Gasteiger partial charge in [-0.15, -0.1) is 0 Å². The highest BCUT2D eigenvalue weighted by Gasteiger charge is 2.20. The molecule has 0 aliphatic heterocycles. The summed E-state index contributed by atoms with van der Waals surface area (Å²) in [6.07, 6.45) is 1.66. The molecule has 2 aromatic rings. The lowest BCUT2D eigenvalue weighted by Crippen LogP contribution is -2.32. The van der Waals surface area contributed by atoms with Gasteiger partial charge in [0.05, 0.1) is 17.0 Å². The van der Waals surface area contributed by atoms with E-state index in [0.717, 1.165) is 17.4 Å². The minimum atomic E-state index is -3.56. The topological polar surface area (TPSA) is 66.5 Å². The van der Waals surface area contributed by atoms with Crippen LogP contribution in [0.4, 0.5) is 5.69 Å². The zero-order valence-corrected chi connectivity index (χ0v) is 17.5. The van der Waals surface area contributed by atoms with Crippen LogP contribution >= 0.6 is 23.2 Å². The van der Waals surface area contributed by atoms with Crippen LogP contribution in [0.5, 0.6) is 0 Å². The van der Waals surface area contributed by atoms with Crippen LogP contribution in [0.3, 0.4) is 0 Å². The molecule has 1 amide bonds. The van der Waals surface area contributed by atoms with E-state index in [1.807, 2.05) is 31.2 Å². The van der Waals surface area contributed by atoms with Crippen molar-refractivity contribution in [3.63, 3.8) is 0 Å². The Morgan fingerprint density at radius 3 is 2.56 bits per heavy atom. The van der Waals surface area contributed by atoms with Crippen molar-refractivity contribution in [1.29, 1.82) is 0 Å². The first kappa shape index (κ1) is 21.5. The van der Waals surface area contributed by atoms with Crippen LogP contribution in [0.15, 0.2) is 42.5 Å². The fourth-order valence-corrected chi connectivity index (χ4v) is 4.04. The highest BCUT2D eigenvalue weighted by molar-refractivity contribution is 7.92. The fraction of sp³-hybridized carbons (Fsp3) is 0.316. The number of amides is 1. The lowest BCUT2D eigenvalue weighted by Gasteiger charge is -2.23. The lowest BCUT2D eigenvalue weighted by atomic mass is 10.1. The summed E-state index contributed by atoms with van der Waals surface area (Å²) in [4.78, 5) is 12.1. The first-order valence-electron chi connectivity index (χ1n) is 8.42. The second-order valence-electron chi connectivity index (χ2n) is 6.30. The van der Waals surface area contributed by atoms with Gasteiger partial charge in [0, 0.05) is 24.5 Å². The van der Waals surface area contributed by atoms with Crippen molar-refractivity contribution < 1.29 is 13.2 Å². The average Bonchev–Trinajstić information content (AvgIpc) is 2.58. The van der Waals surface area contributed by atoms with E-state index in [-0.39, 0.29) is 23.9 Å². The Bertz CT molecular complexity index is 917. The van der Waals surface area contributed by atoms with E-state index in [9.17, 15) is 13.2 Å². The van der Waals surface area contributed by atoms with Gasteiger partial charge >= 0.3 is 0 Å². The molecule has 8 heteroatoms. The second kappa shape index (κ2) is 9.44. The highest BCUT2D eigenvalue weighted by Crippen LogP contribution is 2.30. The van der Waals surface area contributed by atoms with E-state index in [4.69, 9.17) is 23.2 Å². The summed E-state index contributed by atoms with van der Waals surface area (Å²) in [5.74, 6) is -0.137. The van der Waals surface area contributed by atoms with Gasteiger partial charge in [-0.1, -0.05) is 53.0 Å². The van der Waals surface area contributed by atoms with E-state index < -0.39 is 10.0 Å². The minimum absolute atomic E-state index is 0.136. The average molecular weight is 429 g/mol. The predicted molar refractivity (Wildman–Crippen MR) is 111 cm³/mol. The number of carbonyl (C=O) groups is 1. The molecule has 0 fully saturated rings. The molecule has 0 spiro atoms. The van der Waals surface area contributed by atoms with Crippen LogP contribution in [0.25, 0.3) is 0 Å². The van der Waals surface area contributed by atoms with Crippen LogP contribution in [-0.2, 0) is 21.4 Å². The normalized spacial score (nSPS) is 11.3. The van der Waals surface area contributed by atoms with Crippen LogP contribution in [0.1, 0.15) is 24.0 Å². The Kier molecular flexibility index (Phi) is 7.53. The van der Waals surface area contributed by atoms with Crippen molar-refractivity contribution in [3.05, 3.63) is 63.6 Å². The number of sulfonamides is 1. The fourth-order valence-electron chi connectivity index (χ4n) is 2.64. The zero-order chi connectivity index (χ0) is 20.0. The molecule has 0 heterocycles. The van der Waals surface area contributed by atoms with Crippen LogP contribution < -0.4 is 9.62 Å². The molecule has 2 rings (SSSR count). The molecule has 0 aliphatic rings. The van der Waals surface area contributed by atoms with Gasteiger partial charge in [0.2, 0.25) is 15.9 Å². The summed E-state index contributed by atoms with van der Waals surface area (Å²) < 4.78 is 25.5. The number of aryl methyl sites for hydroxylation is 1. The van der Waals surface area contributed by atoms with Crippen LogP contribution in [-0.4, -0.2) is 27.1 Å². The summed E-state index contributed by atoms with van der Waals surface area (Å²) in [6, 6.07) is 12.5. The molecule has 0 aromatic heterocycles. The number of hydrogen-bond acceptors (Lipinski definition) is 3. The molecule has 5 nitrogen and oxygen atoms in total. The smallest absolute Gasteiger partial charge is 0.232 e. The van der Waals surface area contributed by atoms with E-state index in [1.165, 1.54) is 10.4 Å². The third-order valence-electron chi connectivity index (χ3n) is 3.91. The highest BCUT2D eigenvalue weighted by atomic mass is 35.5. The maximum absolute atomic E-state index is 12.1. The van der Waals surface area contributed by atoms with Crippen LogP contribution in [0.2, 0.25) is 10.0 Å². The molecule has 146 valence electrons. The quantitative estimate of drug-likeness (QED) is 0.685. The van der Waals surface area contributed by atoms with Gasteiger partial charge < -0.3 is 5.32 Å². The Balaban J connectivity index is 1.94. The molecule has 0 saturated carbocycles. The number of rotatable bonds is 8. The van der Waals surface area contributed by atoms with Gasteiger partial charge in [-0.25, -0.2) is 8.42 Å². The number of anilines is 1. The molecular weight excluding hydrogens is 407 g/mol. The van der Waals surface area contributed by atoms with E-state index >= 15 is 0 Å². The van der Waals surface area contributed by atoms with Gasteiger partial charge in [0.25, 0.3) is 0 Å². The van der Waals surface area contributed by atoms with Crippen molar-refractivity contribution >= 4 is 44.8 Å². The van der Waals surface area contributed by atoms with Crippen molar-refractivity contribution in [2.75, 3.05) is 17.1 Å². The molecular formula is C19H22Cl2N2O3S. The van der Waals surface area contributed by atoms with Gasteiger partial charge in [-0.3, -0.25) is 9.10 Å². The Morgan fingerprint density at radius 2 is 1.89 bits per heavy atom. The summed E-state index contributed by atoms with van der Waals surface area (Å²) in [5.41, 5.74) is 2.46. The monoisotopic (exact) mass is 428 g/mol. The SMILES string of the molecule is Cc1cccc(CNC(=O)CCCN(c2cc(Cl)ccc2Cl)S(C)(=O)=O)c1. The third-order valence-corrected chi connectivity index (χ3v) is 5.65. The van der Waals surface area contributed by atoms with Crippen molar-refractivity contribution in [3.8, 4) is 0 Å². The number of nitrogens with zero attached hydrogens (tertiary/aromatic N) is 1. The largest absolute Gasteiger partial charge is 0.352 e. The maximum atomic E-state index is 12.1. The van der Waals surface area contributed by atoms with Crippen molar-refractivity contribution in [2.45, 2.75) is 26.3 Å². The van der Waals surface area contributed by atoms with Gasteiger partial charge in [-0.2, -0.15) is 0 Å². The molecule has 0 unspecified atom stereocenters. The number of benzene rings is 2. The van der Waals surface area contributed by atoms with Gasteiger partial charge in [0.1, 0.15) is 0 Å². The molecule has 0 aliphatic carbocycles. The van der Waals surface area contributed by atoms with E-state index in [1.54, 1.807) is 12.1 Å². The maximum Gasteiger partial charge on any atom is 0.232 e. The van der Waals surface area contributed by atoms with E-state index in [2.05, 4.69) is 5.32 Å². The first-order chi connectivity index (χ1) is 12.7.